The van der Waals surface area contributed by atoms with Gasteiger partial charge in [-0.1, -0.05) is 23.8 Å². The summed E-state index contributed by atoms with van der Waals surface area (Å²) in [7, 11) is 0. The number of carbonyl (C=O) groups excluding carboxylic acids is 2. The van der Waals surface area contributed by atoms with Crippen molar-refractivity contribution < 1.29 is 14.0 Å². The Morgan fingerprint density at radius 1 is 0.909 bits per heavy atom. The van der Waals surface area contributed by atoms with Crippen LogP contribution in [0.2, 0.25) is 0 Å². The molecule has 5 heteroatoms. The van der Waals surface area contributed by atoms with Crippen molar-refractivity contribution in [1.29, 1.82) is 0 Å². The molecule has 0 heterocycles. The van der Waals surface area contributed by atoms with Gasteiger partial charge in [0.2, 0.25) is 0 Å². The Hall–Kier alpha value is -2.69. The van der Waals surface area contributed by atoms with E-state index in [1.807, 2.05) is 19.1 Å². The molecule has 2 rings (SSSR count). The molecule has 2 aromatic carbocycles. The van der Waals surface area contributed by atoms with E-state index in [0.717, 1.165) is 5.56 Å². The molecule has 2 N–H and O–H groups in total. The van der Waals surface area contributed by atoms with Crippen LogP contribution in [0.25, 0.3) is 0 Å². The Balaban J connectivity index is 1.76. The van der Waals surface area contributed by atoms with Gasteiger partial charge in [0.15, 0.2) is 0 Å². The summed E-state index contributed by atoms with van der Waals surface area (Å²) in [5.74, 6) is -1.02. The van der Waals surface area contributed by atoms with Gasteiger partial charge in [0, 0.05) is 24.2 Å². The molecule has 0 atom stereocenters. The first-order valence-electron chi connectivity index (χ1n) is 6.95. The van der Waals surface area contributed by atoms with Crippen LogP contribution in [0.5, 0.6) is 0 Å². The second-order valence-corrected chi connectivity index (χ2v) is 4.89. The first kappa shape index (κ1) is 15.7. The summed E-state index contributed by atoms with van der Waals surface area (Å²) < 4.78 is 13.0. The molecule has 0 aliphatic heterocycles. The minimum absolute atomic E-state index is 0.194. The molecule has 0 saturated carbocycles. The van der Waals surface area contributed by atoms with Gasteiger partial charge in [-0.15, -0.1) is 0 Å². The third-order valence-corrected chi connectivity index (χ3v) is 3.10. The van der Waals surface area contributed by atoms with Crippen molar-refractivity contribution in [1.82, 2.24) is 10.6 Å². The summed E-state index contributed by atoms with van der Waals surface area (Å²) in [5.41, 5.74) is 1.91. The molecular formula is C17H17FN2O2. The van der Waals surface area contributed by atoms with E-state index < -0.39 is 5.82 Å². The predicted molar refractivity (Wildman–Crippen MR) is 82.2 cm³/mol. The molecule has 0 saturated heterocycles. The van der Waals surface area contributed by atoms with Crippen LogP contribution in [0.1, 0.15) is 26.3 Å². The highest BCUT2D eigenvalue weighted by Crippen LogP contribution is 2.03. The number of aryl methyl sites for hydroxylation is 1. The molecule has 2 aromatic rings. The minimum Gasteiger partial charge on any atom is -0.350 e. The largest absolute Gasteiger partial charge is 0.350 e. The van der Waals surface area contributed by atoms with Crippen LogP contribution in [-0.2, 0) is 0 Å². The fourth-order valence-electron chi connectivity index (χ4n) is 1.89. The lowest BCUT2D eigenvalue weighted by Crippen LogP contribution is -2.34. The van der Waals surface area contributed by atoms with E-state index >= 15 is 0 Å². The van der Waals surface area contributed by atoms with E-state index in [0.29, 0.717) is 12.1 Å². The topological polar surface area (TPSA) is 58.2 Å². The van der Waals surface area contributed by atoms with Crippen LogP contribution >= 0.6 is 0 Å². The average Bonchev–Trinajstić information content (AvgIpc) is 2.51. The molecule has 0 unspecified atom stereocenters. The maximum Gasteiger partial charge on any atom is 0.251 e. The van der Waals surface area contributed by atoms with Crippen LogP contribution in [0.4, 0.5) is 4.39 Å². The van der Waals surface area contributed by atoms with Gasteiger partial charge < -0.3 is 10.6 Å². The van der Waals surface area contributed by atoms with Gasteiger partial charge >= 0.3 is 0 Å². The molecule has 0 aliphatic rings. The Bertz CT molecular complexity index is 669. The standard InChI is InChI=1S/C17H17FN2O2/c1-12-5-7-13(8-6-12)16(21)19-9-10-20-17(22)14-3-2-4-15(18)11-14/h2-8,11H,9-10H2,1H3,(H,19,21)(H,20,22). The molecule has 0 radical (unpaired) electrons. The van der Waals surface area contributed by atoms with Crippen molar-refractivity contribution in [3.63, 3.8) is 0 Å². The van der Waals surface area contributed by atoms with Crippen molar-refractivity contribution in [2.75, 3.05) is 13.1 Å². The third kappa shape index (κ3) is 4.41. The summed E-state index contributed by atoms with van der Waals surface area (Å²) in [6.45, 7) is 2.52. The van der Waals surface area contributed by atoms with Gasteiger partial charge in [0.1, 0.15) is 5.82 Å². The van der Waals surface area contributed by atoms with Crippen LogP contribution in [-0.4, -0.2) is 24.9 Å². The van der Waals surface area contributed by atoms with Gasteiger partial charge in [-0.3, -0.25) is 9.59 Å². The lowest BCUT2D eigenvalue weighted by Gasteiger charge is -2.07. The predicted octanol–water partition coefficient (Wildman–Crippen LogP) is 2.29. The number of rotatable bonds is 5. The van der Waals surface area contributed by atoms with E-state index in [4.69, 9.17) is 0 Å². The van der Waals surface area contributed by atoms with Gasteiger partial charge in [-0.25, -0.2) is 4.39 Å². The highest BCUT2D eigenvalue weighted by atomic mass is 19.1. The van der Waals surface area contributed by atoms with Crippen molar-refractivity contribution in [2.24, 2.45) is 0 Å². The van der Waals surface area contributed by atoms with Crippen LogP contribution in [0.3, 0.4) is 0 Å². The highest BCUT2D eigenvalue weighted by molar-refractivity contribution is 5.95. The monoisotopic (exact) mass is 300 g/mol. The number of hydrogen-bond acceptors (Lipinski definition) is 2. The second kappa shape index (κ2) is 7.36. The van der Waals surface area contributed by atoms with Gasteiger partial charge in [0.25, 0.3) is 11.8 Å². The van der Waals surface area contributed by atoms with Crippen molar-refractivity contribution in [3.05, 3.63) is 71.0 Å². The number of benzene rings is 2. The SMILES string of the molecule is Cc1ccc(C(=O)NCCNC(=O)c2cccc(F)c2)cc1. The van der Waals surface area contributed by atoms with Crippen LogP contribution < -0.4 is 10.6 Å². The van der Waals surface area contributed by atoms with Crippen LogP contribution in [0, 0.1) is 12.7 Å². The maximum atomic E-state index is 13.0. The number of hydrogen-bond donors (Lipinski definition) is 2. The van der Waals surface area contributed by atoms with Crippen molar-refractivity contribution in [3.8, 4) is 0 Å². The molecule has 0 fully saturated rings. The van der Waals surface area contributed by atoms with Gasteiger partial charge in [-0.05, 0) is 37.3 Å². The van der Waals surface area contributed by atoms with E-state index in [9.17, 15) is 14.0 Å². The Morgan fingerprint density at radius 3 is 2.09 bits per heavy atom. The van der Waals surface area contributed by atoms with Gasteiger partial charge in [-0.2, -0.15) is 0 Å². The highest BCUT2D eigenvalue weighted by Gasteiger charge is 2.07. The van der Waals surface area contributed by atoms with E-state index in [1.54, 1.807) is 12.1 Å². The van der Waals surface area contributed by atoms with Crippen LogP contribution in [0.15, 0.2) is 48.5 Å². The van der Waals surface area contributed by atoms with Crippen molar-refractivity contribution >= 4 is 11.8 Å². The van der Waals surface area contributed by atoms with Crippen molar-refractivity contribution in [2.45, 2.75) is 6.92 Å². The minimum atomic E-state index is -0.458. The lowest BCUT2D eigenvalue weighted by atomic mass is 10.1. The zero-order chi connectivity index (χ0) is 15.9. The summed E-state index contributed by atoms with van der Waals surface area (Å²) in [6.07, 6.45) is 0. The van der Waals surface area contributed by atoms with Gasteiger partial charge in [0.05, 0.1) is 0 Å². The average molecular weight is 300 g/mol. The summed E-state index contributed by atoms with van der Waals surface area (Å²) in [6, 6.07) is 12.7. The van der Waals surface area contributed by atoms with E-state index in [-0.39, 0.29) is 23.9 Å². The summed E-state index contributed by atoms with van der Waals surface area (Å²) in [4.78, 5) is 23.6. The summed E-state index contributed by atoms with van der Waals surface area (Å²) in [5, 5.41) is 5.33. The molecule has 0 aromatic heterocycles. The first-order chi connectivity index (χ1) is 10.6. The maximum absolute atomic E-state index is 13.0. The smallest absolute Gasteiger partial charge is 0.251 e. The van der Waals surface area contributed by atoms with E-state index in [1.165, 1.54) is 24.3 Å². The molecule has 0 spiro atoms. The molecule has 114 valence electrons. The second-order valence-electron chi connectivity index (χ2n) is 4.89. The quantitative estimate of drug-likeness (QED) is 0.832. The van der Waals surface area contributed by atoms with E-state index in [2.05, 4.69) is 10.6 Å². The molecule has 0 aliphatic carbocycles. The normalized spacial score (nSPS) is 10.1. The molecule has 0 bridgehead atoms. The molecule has 4 nitrogen and oxygen atoms in total. The third-order valence-electron chi connectivity index (χ3n) is 3.10. The summed E-state index contributed by atoms with van der Waals surface area (Å²) >= 11 is 0. The molecule has 22 heavy (non-hydrogen) atoms. The number of carbonyl (C=O) groups is 2. The Morgan fingerprint density at radius 2 is 1.50 bits per heavy atom. The Labute approximate surface area is 128 Å². The zero-order valence-corrected chi connectivity index (χ0v) is 12.2. The first-order valence-corrected chi connectivity index (χ1v) is 6.95. The fraction of sp³-hybridized carbons (Fsp3) is 0.176. The lowest BCUT2D eigenvalue weighted by molar-refractivity contribution is 0.0927. The Kier molecular flexibility index (Phi) is 5.25. The molecular weight excluding hydrogens is 283 g/mol. The number of amides is 2. The number of halogens is 1. The number of nitrogens with one attached hydrogen (secondary N) is 2. The fourth-order valence-corrected chi connectivity index (χ4v) is 1.89. The molecule has 2 amide bonds. The zero-order valence-electron chi connectivity index (χ0n) is 12.2.